The molecular weight excluding hydrogens is 586 g/mol. The summed E-state index contributed by atoms with van der Waals surface area (Å²) in [6.07, 6.45) is -2.04. The number of nitrogens with zero attached hydrogens (tertiary/aromatic N) is 2. The molecule has 3 aliphatic rings. The third kappa shape index (κ3) is 5.87. The van der Waals surface area contributed by atoms with Gasteiger partial charge in [-0.1, -0.05) is 37.1 Å². The molecule has 3 saturated heterocycles. The first-order valence-corrected chi connectivity index (χ1v) is 14.8. The Kier molecular flexibility index (Phi) is 9.33. The van der Waals surface area contributed by atoms with Crippen LogP contribution in [-0.4, -0.2) is 98.8 Å². The third-order valence-electron chi connectivity index (χ3n) is 8.58. The second-order valence-electron chi connectivity index (χ2n) is 11.5. The van der Waals surface area contributed by atoms with Gasteiger partial charge in [0.25, 0.3) is 5.56 Å². The monoisotopic (exact) mass is 623 g/mol. The molecule has 43 heavy (non-hydrogen) atoms. The quantitative estimate of drug-likeness (QED) is 0.278. The molecule has 14 heteroatoms. The number of fused-ring (bicyclic) bond motifs is 2. The Balaban J connectivity index is 1.58. The number of likely N-dealkylation sites (tertiary alicyclic amines) is 1. The van der Waals surface area contributed by atoms with Gasteiger partial charge in [0.15, 0.2) is 5.72 Å². The molecule has 13 nitrogen and oxygen atoms in total. The molecule has 1 aromatic carbocycles. The van der Waals surface area contributed by atoms with E-state index >= 15 is 0 Å². The summed E-state index contributed by atoms with van der Waals surface area (Å²) in [6.45, 7) is 2.75. The summed E-state index contributed by atoms with van der Waals surface area (Å²) in [6, 6.07) is 7.07. The number of benzene rings is 1. The van der Waals surface area contributed by atoms with Crippen LogP contribution in [0.25, 0.3) is 0 Å². The van der Waals surface area contributed by atoms with Crippen LogP contribution in [0, 0.1) is 12.8 Å². The third-order valence-corrected chi connectivity index (χ3v) is 8.83. The fraction of sp³-hybridized carbons (Fsp3) is 0.621. The Bertz CT molecular complexity index is 1420. The zero-order valence-electron chi connectivity index (χ0n) is 24.1. The van der Waals surface area contributed by atoms with Gasteiger partial charge >= 0.3 is 11.8 Å². The van der Waals surface area contributed by atoms with Gasteiger partial charge in [-0.05, 0) is 31.0 Å². The lowest BCUT2D eigenvalue weighted by molar-refractivity contribution is -0.216. The number of aromatic nitrogens is 2. The summed E-state index contributed by atoms with van der Waals surface area (Å²) >= 11 is 6.04. The molecular formula is C29H38ClN3O10. The fourth-order valence-electron chi connectivity index (χ4n) is 6.40. The van der Waals surface area contributed by atoms with E-state index in [0.717, 1.165) is 12.0 Å². The average Bonchev–Trinajstić information content (AvgIpc) is 3.42. The molecule has 0 saturated carbocycles. The molecule has 4 N–H and O–H groups in total. The molecule has 7 atom stereocenters. The number of amides is 1. The maximum atomic E-state index is 13.3. The summed E-state index contributed by atoms with van der Waals surface area (Å²) in [4.78, 5) is 42.4. The number of unbranched alkanes of at least 4 members (excludes halogenated alkanes) is 1. The lowest BCUT2D eigenvalue weighted by Crippen LogP contribution is -2.61. The van der Waals surface area contributed by atoms with Crippen molar-refractivity contribution < 1.29 is 39.1 Å². The van der Waals surface area contributed by atoms with E-state index in [1.54, 1.807) is 24.3 Å². The van der Waals surface area contributed by atoms with Gasteiger partial charge in [-0.2, -0.15) is 0 Å². The van der Waals surface area contributed by atoms with Gasteiger partial charge in [-0.3, -0.25) is 14.3 Å². The number of piperidine rings is 1. The highest BCUT2D eigenvalue weighted by Gasteiger charge is 2.68. The van der Waals surface area contributed by atoms with Crippen molar-refractivity contribution in [2.24, 2.45) is 5.92 Å². The number of aliphatic hydroxyl groups excluding tert-OH is 3. The van der Waals surface area contributed by atoms with E-state index in [4.69, 9.17) is 30.5 Å². The Labute approximate surface area is 252 Å². The van der Waals surface area contributed by atoms with Crippen LogP contribution in [0.15, 0.2) is 40.1 Å². The van der Waals surface area contributed by atoms with Gasteiger partial charge < -0.3 is 39.2 Å². The van der Waals surface area contributed by atoms with Crippen LogP contribution in [0.5, 0.6) is 0 Å². The van der Waals surface area contributed by atoms with E-state index in [-0.39, 0.29) is 38.3 Å². The Hall–Kier alpha value is -2.78. The normalized spacial score (nSPS) is 31.9. The van der Waals surface area contributed by atoms with Crippen LogP contribution in [0.3, 0.4) is 0 Å². The van der Waals surface area contributed by atoms with Gasteiger partial charge in [0.2, 0.25) is 0 Å². The highest BCUT2D eigenvalue weighted by Crippen LogP contribution is 2.52. The first-order valence-electron chi connectivity index (χ1n) is 14.4. The molecule has 0 radical (unpaired) electrons. The summed E-state index contributed by atoms with van der Waals surface area (Å²) in [5.74, 6) is -0.698. The van der Waals surface area contributed by atoms with E-state index in [9.17, 15) is 29.7 Å². The number of hydrogen-bond acceptors (Lipinski definition) is 10. The number of nitrogens with one attached hydrogen (secondary N) is 1. The summed E-state index contributed by atoms with van der Waals surface area (Å²) in [5.41, 5.74) is -3.56. The maximum absolute atomic E-state index is 13.3. The van der Waals surface area contributed by atoms with Crippen molar-refractivity contribution in [1.29, 1.82) is 0 Å². The van der Waals surface area contributed by atoms with Crippen molar-refractivity contribution in [2.75, 3.05) is 32.9 Å². The summed E-state index contributed by atoms with van der Waals surface area (Å²) in [7, 11) is 0. The lowest BCUT2D eigenvalue weighted by atomic mass is 9.80. The van der Waals surface area contributed by atoms with Crippen LogP contribution < -0.4 is 11.2 Å². The molecule has 1 amide bonds. The molecule has 4 heterocycles. The van der Waals surface area contributed by atoms with Crippen molar-refractivity contribution >= 4 is 17.7 Å². The predicted molar refractivity (Wildman–Crippen MR) is 153 cm³/mol. The van der Waals surface area contributed by atoms with Crippen LogP contribution in [0.1, 0.15) is 37.3 Å². The lowest BCUT2D eigenvalue weighted by Gasteiger charge is -2.43. The van der Waals surface area contributed by atoms with Crippen LogP contribution in [0.4, 0.5) is 4.79 Å². The number of H-pyrrole nitrogens is 1. The minimum absolute atomic E-state index is 0.0603. The standard InChI is InChI=1S/C29H38ClN3O10/c1-3-4-9-40-27(39)32-12-20-23(41-14-18-5-7-19(30)8-6-18)28(15-32,16-35)43-24(20)29(10-21(36)22(13-34)42-29)33-11-17(2)25(37)31-26(33)38/h5-8,11,20-24,34-36H,3-4,9-10,12-16H2,1-2H3,(H,31,37,38)/t20?,21-,22+,23?,24?,28?,29-/m0/s1. The van der Waals surface area contributed by atoms with Gasteiger partial charge in [0, 0.05) is 35.7 Å². The van der Waals surface area contributed by atoms with Crippen molar-refractivity contribution in [3.8, 4) is 0 Å². The SMILES string of the molecule is CCCCOC(=O)N1CC2C(OCc3ccc(Cl)cc3)C(CO)(C1)OC2[C@]1(n2cc(C)c(=O)[nH]c2=O)C[C@H](O)[C@@H](CO)O1. The highest BCUT2D eigenvalue weighted by atomic mass is 35.5. The number of hydrogen-bond donors (Lipinski definition) is 4. The minimum Gasteiger partial charge on any atom is -0.449 e. The van der Waals surface area contributed by atoms with Crippen LogP contribution in [0.2, 0.25) is 5.02 Å². The molecule has 2 aromatic rings. The zero-order valence-corrected chi connectivity index (χ0v) is 24.9. The van der Waals surface area contributed by atoms with Crippen molar-refractivity contribution in [2.45, 2.75) is 75.5 Å². The number of ether oxygens (including phenoxy) is 4. The number of carbonyl (C=O) groups is 1. The van der Waals surface area contributed by atoms with Gasteiger partial charge in [-0.25, -0.2) is 9.59 Å². The van der Waals surface area contributed by atoms with Crippen molar-refractivity contribution in [1.82, 2.24) is 14.5 Å². The van der Waals surface area contributed by atoms with E-state index in [0.29, 0.717) is 11.4 Å². The number of aromatic amines is 1. The second-order valence-corrected chi connectivity index (χ2v) is 12.0. The van der Waals surface area contributed by atoms with Crippen LogP contribution >= 0.6 is 11.6 Å². The largest absolute Gasteiger partial charge is 0.449 e. The Morgan fingerprint density at radius 1 is 1.21 bits per heavy atom. The number of aliphatic hydroxyl groups is 3. The Morgan fingerprint density at radius 3 is 2.60 bits per heavy atom. The highest BCUT2D eigenvalue weighted by molar-refractivity contribution is 6.30. The first kappa shape index (κ1) is 31.6. The van der Waals surface area contributed by atoms with E-state index in [1.807, 2.05) is 6.92 Å². The molecule has 5 rings (SSSR count). The smallest absolute Gasteiger partial charge is 0.409 e. The van der Waals surface area contributed by atoms with Crippen molar-refractivity contribution in [3.05, 3.63) is 67.4 Å². The molecule has 4 unspecified atom stereocenters. The van der Waals surface area contributed by atoms with Crippen LogP contribution in [-0.2, 0) is 31.3 Å². The number of halogens is 1. The molecule has 1 aromatic heterocycles. The molecule has 236 valence electrons. The maximum Gasteiger partial charge on any atom is 0.409 e. The molecule has 0 aliphatic carbocycles. The number of rotatable bonds is 10. The summed E-state index contributed by atoms with van der Waals surface area (Å²) < 4.78 is 26.0. The zero-order chi connectivity index (χ0) is 30.9. The second kappa shape index (κ2) is 12.7. The molecule has 3 fully saturated rings. The molecule has 3 aliphatic heterocycles. The average molecular weight is 624 g/mol. The van der Waals surface area contributed by atoms with Crippen molar-refractivity contribution in [3.63, 3.8) is 0 Å². The number of carbonyl (C=O) groups excluding carboxylic acids is 1. The molecule has 2 bridgehead atoms. The Morgan fingerprint density at radius 2 is 1.95 bits per heavy atom. The molecule has 0 spiro atoms. The summed E-state index contributed by atoms with van der Waals surface area (Å²) in [5, 5.41) is 32.3. The minimum atomic E-state index is -1.73. The number of aryl methyl sites for hydroxylation is 1. The fourth-order valence-corrected chi connectivity index (χ4v) is 6.53. The van der Waals surface area contributed by atoms with Gasteiger partial charge in [0.05, 0.1) is 45.2 Å². The van der Waals surface area contributed by atoms with E-state index < -0.39 is 72.2 Å². The predicted octanol–water partition coefficient (Wildman–Crippen LogP) is 0.877. The van der Waals surface area contributed by atoms with E-state index in [1.165, 1.54) is 22.6 Å². The van der Waals surface area contributed by atoms with E-state index in [2.05, 4.69) is 4.98 Å². The topological polar surface area (TPSA) is 173 Å². The first-order chi connectivity index (χ1) is 20.6. The van der Waals surface area contributed by atoms with Gasteiger partial charge in [0.1, 0.15) is 17.8 Å². The van der Waals surface area contributed by atoms with Gasteiger partial charge in [-0.15, -0.1) is 0 Å².